The number of hydrogen-bond donors (Lipinski definition) is 2. The molecule has 0 bridgehead atoms. The minimum absolute atomic E-state index is 0.130. The lowest BCUT2D eigenvalue weighted by Gasteiger charge is -2.11. The van der Waals surface area contributed by atoms with Crippen LogP contribution in [0.3, 0.4) is 0 Å². The van der Waals surface area contributed by atoms with Gasteiger partial charge in [0.2, 0.25) is 5.91 Å². The van der Waals surface area contributed by atoms with Gasteiger partial charge in [-0.05, 0) is 48.9 Å². The molecule has 2 aromatic carbocycles. The van der Waals surface area contributed by atoms with Crippen molar-refractivity contribution in [2.75, 3.05) is 24.3 Å². The molecule has 0 aromatic heterocycles. The molecule has 0 aliphatic rings. The van der Waals surface area contributed by atoms with Crippen LogP contribution in [0.25, 0.3) is 0 Å². The lowest BCUT2D eigenvalue weighted by molar-refractivity contribution is -0.114. The van der Waals surface area contributed by atoms with E-state index in [9.17, 15) is 4.79 Å². The molecule has 4 nitrogen and oxygen atoms in total. The number of benzene rings is 2. The highest BCUT2D eigenvalue weighted by Gasteiger charge is 2.06. The van der Waals surface area contributed by atoms with E-state index in [2.05, 4.69) is 10.6 Å². The predicted molar refractivity (Wildman–Crippen MR) is 91.3 cm³/mol. The number of methoxy groups -OCH3 is 1. The highest BCUT2D eigenvalue weighted by Crippen LogP contribution is 2.27. The van der Waals surface area contributed by atoms with Crippen LogP contribution < -0.4 is 15.4 Å². The van der Waals surface area contributed by atoms with Crippen molar-refractivity contribution in [3.05, 3.63) is 52.0 Å². The van der Waals surface area contributed by atoms with Crippen LogP contribution in [-0.2, 0) is 4.79 Å². The molecule has 0 heterocycles. The Balaban J connectivity index is 1.94. The van der Waals surface area contributed by atoms with Gasteiger partial charge in [0.05, 0.1) is 18.7 Å². The predicted octanol–water partition coefficient (Wildman–Crippen LogP) is 4.36. The maximum atomic E-state index is 12.0. The summed E-state index contributed by atoms with van der Waals surface area (Å²) in [6, 6.07) is 10.6. The van der Waals surface area contributed by atoms with E-state index in [1.165, 1.54) is 0 Å². The van der Waals surface area contributed by atoms with Crippen LogP contribution in [0.2, 0.25) is 10.0 Å². The first kappa shape index (κ1) is 16.5. The van der Waals surface area contributed by atoms with Gasteiger partial charge in [0, 0.05) is 16.4 Å². The molecule has 1 amide bonds. The van der Waals surface area contributed by atoms with Gasteiger partial charge in [-0.25, -0.2) is 0 Å². The van der Waals surface area contributed by atoms with Gasteiger partial charge in [0.1, 0.15) is 5.75 Å². The fourth-order valence-corrected chi connectivity index (χ4v) is 2.40. The van der Waals surface area contributed by atoms with Gasteiger partial charge in [-0.3, -0.25) is 4.79 Å². The van der Waals surface area contributed by atoms with Crippen LogP contribution in [0.4, 0.5) is 11.4 Å². The number of aryl methyl sites for hydroxylation is 1. The second-order valence-electron chi connectivity index (χ2n) is 4.71. The van der Waals surface area contributed by atoms with E-state index >= 15 is 0 Å². The molecule has 0 aliphatic heterocycles. The fraction of sp³-hybridized carbons (Fsp3) is 0.188. The van der Waals surface area contributed by atoms with Crippen molar-refractivity contribution >= 4 is 40.5 Å². The largest absolute Gasteiger partial charge is 0.495 e. The van der Waals surface area contributed by atoms with Crippen LogP contribution in [0.5, 0.6) is 5.75 Å². The molecule has 2 N–H and O–H groups in total. The number of ether oxygens (including phenoxy) is 1. The van der Waals surface area contributed by atoms with Crippen molar-refractivity contribution in [2.45, 2.75) is 6.92 Å². The molecule has 22 heavy (non-hydrogen) atoms. The van der Waals surface area contributed by atoms with Gasteiger partial charge in [-0.1, -0.05) is 23.2 Å². The summed E-state index contributed by atoms with van der Waals surface area (Å²) >= 11 is 11.9. The highest BCUT2D eigenvalue weighted by molar-refractivity contribution is 6.32. The monoisotopic (exact) mass is 338 g/mol. The first-order chi connectivity index (χ1) is 10.5. The summed E-state index contributed by atoms with van der Waals surface area (Å²) in [6.45, 7) is 2.02. The van der Waals surface area contributed by atoms with E-state index in [1.54, 1.807) is 43.5 Å². The number of carbonyl (C=O) groups is 1. The third-order valence-corrected chi connectivity index (χ3v) is 3.60. The van der Waals surface area contributed by atoms with E-state index in [1.807, 2.05) is 6.92 Å². The van der Waals surface area contributed by atoms with Crippen LogP contribution in [-0.4, -0.2) is 19.6 Å². The zero-order valence-electron chi connectivity index (χ0n) is 12.2. The normalized spacial score (nSPS) is 10.2. The molecule has 6 heteroatoms. The Kier molecular flexibility index (Phi) is 5.52. The van der Waals surface area contributed by atoms with Crippen molar-refractivity contribution in [3.8, 4) is 5.75 Å². The summed E-state index contributed by atoms with van der Waals surface area (Å²) in [5.41, 5.74) is 2.39. The van der Waals surface area contributed by atoms with Crippen molar-refractivity contribution in [1.82, 2.24) is 0 Å². The van der Waals surface area contributed by atoms with Gasteiger partial charge in [0.15, 0.2) is 0 Å². The number of amides is 1. The number of carbonyl (C=O) groups excluding carboxylic acids is 1. The Morgan fingerprint density at radius 2 is 1.95 bits per heavy atom. The van der Waals surface area contributed by atoms with Gasteiger partial charge < -0.3 is 15.4 Å². The molecule has 0 unspecified atom stereocenters. The van der Waals surface area contributed by atoms with Gasteiger partial charge in [0.25, 0.3) is 0 Å². The third-order valence-electron chi connectivity index (χ3n) is 3.07. The second kappa shape index (κ2) is 7.38. The SMILES string of the molecule is COc1ccc(NCC(=O)Nc2ccc(Cl)cc2C)cc1Cl. The molecule has 0 radical (unpaired) electrons. The van der Waals surface area contributed by atoms with Gasteiger partial charge >= 0.3 is 0 Å². The third kappa shape index (κ3) is 4.29. The Bertz CT molecular complexity index is 690. The molecule has 2 rings (SSSR count). The zero-order chi connectivity index (χ0) is 16.1. The molecule has 0 fully saturated rings. The van der Waals surface area contributed by atoms with E-state index in [0.29, 0.717) is 15.8 Å². The molecule has 2 aromatic rings. The Hall–Kier alpha value is -1.91. The number of halogens is 2. The molecule has 0 saturated carbocycles. The van der Waals surface area contributed by atoms with E-state index in [0.717, 1.165) is 16.9 Å². The topological polar surface area (TPSA) is 50.4 Å². The van der Waals surface area contributed by atoms with E-state index in [4.69, 9.17) is 27.9 Å². The van der Waals surface area contributed by atoms with Crippen molar-refractivity contribution in [2.24, 2.45) is 0 Å². The standard InChI is InChI=1S/C16H16Cl2N2O2/c1-10-7-11(17)3-5-14(10)20-16(21)9-19-12-4-6-15(22-2)13(18)8-12/h3-8,19H,9H2,1-2H3,(H,20,21). The average molecular weight is 339 g/mol. The quantitative estimate of drug-likeness (QED) is 0.851. The smallest absolute Gasteiger partial charge is 0.243 e. The minimum atomic E-state index is -0.155. The fourth-order valence-electron chi connectivity index (χ4n) is 1.92. The summed E-state index contributed by atoms with van der Waals surface area (Å²) < 4.78 is 5.08. The van der Waals surface area contributed by atoms with Gasteiger partial charge in [-0.15, -0.1) is 0 Å². The van der Waals surface area contributed by atoms with Crippen LogP contribution in [0.15, 0.2) is 36.4 Å². The lowest BCUT2D eigenvalue weighted by atomic mass is 10.2. The molecule has 0 aliphatic carbocycles. The Morgan fingerprint density at radius 3 is 2.59 bits per heavy atom. The molecular formula is C16H16Cl2N2O2. The molecular weight excluding hydrogens is 323 g/mol. The molecule has 0 atom stereocenters. The maximum absolute atomic E-state index is 12.0. The van der Waals surface area contributed by atoms with Crippen molar-refractivity contribution in [3.63, 3.8) is 0 Å². The Labute approximate surface area is 139 Å². The molecule has 0 saturated heterocycles. The van der Waals surface area contributed by atoms with Crippen molar-refractivity contribution in [1.29, 1.82) is 0 Å². The highest BCUT2D eigenvalue weighted by atomic mass is 35.5. The minimum Gasteiger partial charge on any atom is -0.495 e. The summed E-state index contributed by atoms with van der Waals surface area (Å²) in [5.74, 6) is 0.436. The first-order valence-corrected chi connectivity index (χ1v) is 7.38. The number of nitrogens with one attached hydrogen (secondary N) is 2. The maximum Gasteiger partial charge on any atom is 0.243 e. The van der Waals surface area contributed by atoms with E-state index in [-0.39, 0.29) is 12.5 Å². The van der Waals surface area contributed by atoms with Gasteiger partial charge in [-0.2, -0.15) is 0 Å². The Morgan fingerprint density at radius 1 is 1.18 bits per heavy atom. The first-order valence-electron chi connectivity index (χ1n) is 6.63. The summed E-state index contributed by atoms with van der Waals surface area (Å²) in [5, 5.41) is 6.96. The van der Waals surface area contributed by atoms with E-state index < -0.39 is 0 Å². The lowest BCUT2D eigenvalue weighted by Crippen LogP contribution is -2.22. The average Bonchev–Trinajstić information content (AvgIpc) is 2.48. The number of rotatable bonds is 5. The molecule has 116 valence electrons. The second-order valence-corrected chi connectivity index (χ2v) is 5.55. The molecule has 0 spiro atoms. The summed E-state index contributed by atoms with van der Waals surface area (Å²) in [6.07, 6.45) is 0. The summed E-state index contributed by atoms with van der Waals surface area (Å²) in [4.78, 5) is 12.0. The number of hydrogen-bond acceptors (Lipinski definition) is 3. The number of anilines is 2. The summed E-state index contributed by atoms with van der Waals surface area (Å²) in [7, 11) is 1.55. The van der Waals surface area contributed by atoms with Crippen LogP contribution in [0, 0.1) is 6.92 Å². The van der Waals surface area contributed by atoms with Crippen LogP contribution in [0.1, 0.15) is 5.56 Å². The zero-order valence-corrected chi connectivity index (χ0v) is 13.8. The van der Waals surface area contributed by atoms with Crippen LogP contribution >= 0.6 is 23.2 Å². The van der Waals surface area contributed by atoms with Crippen molar-refractivity contribution < 1.29 is 9.53 Å².